The number of hydrogen-bond donors (Lipinski definition) is 6. The monoisotopic (exact) mass is 526 g/mol. The second kappa shape index (κ2) is 11.6. The number of hydrogen-bond acceptors (Lipinski definition) is 8. The molecule has 2 aliphatic rings. The molecular weight excluding hydrogens is 492 g/mol. The summed E-state index contributed by atoms with van der Waals surface area (Å²) in [6.07, 6.45) is -4.99. The Balaban J connectivity index is 1.76. The van der Waals surface area contributed by atoms with Crippen molar-refractivity contribution in [2.75, 3.05) is 19.6 Å². The number of amides is 3. The predicted octanol–water partition coefficient (Wildman–Crippen LogP) is -2.06. The Morgan fingerprint density at radius 2 is 1.37 bits per heavy atom. The van der Waals surface area contributed by atoms with Gasteiger partial charge in [0, 0.05) is 19.0 Å². The maximum Gasteiger partial charge on any atom is 0.243 e. The number of rotatable bonds is 8. The first-order chi connectivity index (χ1) is 18.1. The number of carbonyl (C=O) groups excluding carboxylic acids is 3. The van der Waals surface area contributed by atoms with Crippen LogP contribution < -0.4 is 11.5 Å². The third kappa shape index (κ3) is 5.57. The summed E-state index contributed by atoms with van der Waals surface area (Å²) < 4.78 is 0. The van der Waals surface area contributed by atoms with E-state index in [4.69, 9.17) is 11.5 Å². The molecule has 3 unspecified atom stereocenters. The largest absolute Gasteiger partial charge is 0.388 e. The predicted molar refractivity (Wildman–Crippen MR) is 136 cm³/mol. The molecule has 0 aliphatic carbocycles. The molecule has 2 aromatic carbocycles. The second-order valence-corrected chi connectivity index (χ2v) is 10.0. The Hall–Kier alpha value is -3.35. The highest BCUT2D eigenvalue weighted by Gasteiger charge is 2.50. The minimum absolute atomic E-state index is 0.0965. The molecule has 0 aromatic heterocycles. The van der Waals surface area contributed by atoms with E-state index in [9.17, 15) is 34.8 Å². The SMILES string of the molecule is NC(=O)C1[C@H](O)[C@@H](O)CN1C(=O)[C@@H](Cc1ccccc1)[C@@H](c1ccccc1)C(N)C(=O)N1CC(O)[C@@H](O)C1. The first kappa shape index (κ1) is 27.7. The molecule has 8 N–H and O–H groups in total. The molecule has 3 amide bonds. The first-order valence-electron chi connectivity index (χ1n) is 12.6. The van der Waals surface area contributed by atoms with Gasteiger partial charge in [0.1, 0.15) is 12.1 Å². The molecule has 2 aromatic rings. The lowest BCUT2D eigenvalue weighted by molar-refractivity contribution is -0.144. The van der Waals surface area contributed by atoms with Gasteiger partial charge in [-0.1, -0.05) is 60.7 Å². The Labute approximate surface area is 220 Å². The van der Waals surface area contributed by atoms with E-state index in [0.29, 0.717) is 5.56 Å². The zero-order chi connectivity index (χ0) is 27.6. The van der Waals surface area contributed by atoms with E-state index in [1.807, 2.05) is 30.3 Å². The van der Waals surface area contributed by atoms with Crippen molar-refractivity contribution in [2.24, 2.45) is 17.4 Å². The summed E-state index contributed by atoms with van der Waals surface area (Å²) in [6.45, 7) is -0.504. The van der Waals surface area contributed by atoms with Crippen molar-refractivity contribution in [3.8, 4) is 0 Å². The average molecular weight is 527 g/mol. The number of primary amides is 1. The molecule has 4 rings (SSSR count). The van der Waals surface area contributed by atoms with Crippen molar-refractivity contribution < 1.29 is 34.8 Å². The second-order valence-electron chi connectivity index (χ2n) is 10.0. The highest BCUT2D eigenvalue weighted by Crippen LogP contribution is 2.35. The van der Waals surface area contributed by atoms with E-state index in [1.165, 1.54) is 4.90 Å². The van der Waals surface area contributed by atoms with Gasteiger partial charge in [-0.05, 0) is 17.5 Å². The lowest BCUT2D eigenvalue weighted by Gasteiger charge is -2.36. The van der Waals surface area contributed by atoms with Crippen LogP contribution in [-0.4, -0.2) is 104 Å². The number of carbonyl (C=O) groups is 3. The van der Waals surface area contributed by atoms with E-state index in [1.54, 1.807) is 30.3 Å². The van der Waals surface area contributed by atoms with Crippen LogP contribution in [0, 0.1) is 5.92 Å². The summed E-state index contributed by atoms with van der Waals surface area (Å²) in [4.78, 5) is 42.2. The molecule has 2 saturated heterocycles. The van der Waals surface area contributed by atoms with Crippen LogP contribution in [0.4, 0.5) is 0 Å². The van der Waals surface area contributed by atoms with Crippen LogP contribution in [0.5, 0.6) is 0 Å². The van der Waals surface area contributed by atoms with Crippen molar-refractivity contribution >= 4 is 17.7 Å². The smallest absolute Gasteiger partial charge is 0.243 e. The van der Waals surface area contributed by atoms with Crippen molar-refractivity contribution in [1.82, 2.24) is 9.80 Å². The van der Waals surface area contributed by atoms with Gasteiger partial charge in [0.25, 0.3) is 0 Å². The number of aliphatic hydroxyl groups is 4. The summed E-state index contributed by atoms with van der Waals surface area (Å²) >= 11 is 0. The van der Waals surface area contributed by atoms with Gasteiger partial charge in [-0.25, -0.2) is 0 Å². The van der Waals surface area contributed by atoms with Crippen LogP contribution in [0.25, 0.3) is 0 Å². The van der Waals surface area contributed by atoms with Gasteiger partial charge < -0.3 is 41.7 Å². The topological polar surface area (TPSA) is 191 Å². The molecule has 11 heteroatoms. The zero-order valence-electron chi connectivity index (χ0n) is 20.8. The molecule has 0 spiro atoms. The number of β-amino-alcohol motifs (C(OH)–C–C–N with tert-alkyl or cyclic N) is 3. The van der Waals surface area contributed by atoms with E-state index in [2.05, 4.69) is 0 Å². The fourth-order valence-electron chi connectivity index (χ4n) is 5.49. The first-order valence-corrected chi connectivity index (χ1v) is 12.6. The van der Waals surface area contributed by atoms with Gasteiger partial charge in [-0.3, -0.25) is 14.4 Å². The Morgan fingerprint density at radius 1 is 0.816 bits per heavy atom. The van der Waals surface area contributed by atoms with Crippen molar-refractivity contribution in [2.45, 2.75) is 48.8 Å². The van der Waals surface area contributed by atoms with Crippen LogP contribution in [0.2, 0.25) is 0 Å². The molecule has 2 heterocycles. The Morgan fingerprint density at radius 3 is 1.92 bits per heavy atom. The number of nitrogens with zero attached hydrogens (tertiary/aromatic N) is 2. The number of benzene rings is 2. The summed E-state index contributed by atoms with van der Waals surface area (Å²) in [5.41, 5.74) is 13.5. The molecule has 8 atom stereocenters. The lowest BCUT2D eigenvalue weighted by Crippen LogP contribution is -2.54. The summed E-state index contributed by atoms with van der Waals surface area (Å²) in [7, 11) is 0. The summed E-state index contributed by atoms with van der Waals surface area (Å²) in [6, 6.07) is 15.2. The molecule has 204 valence electrons. The maximum absolute atomic E-state index is 14.2. The number of nitrogens with two attached hydrogens (primary N) is 2. The molecule has 11 nitrogen and oxygen atoms in total. The molecule has 0 saturated carbocycles. The van der Waals surface area contributed by atoms with Gasteiger partial charge in [0.2, 0.25) is 17.7 Å². The maximum atomic E-state index is 14.2. The third-order valence-corrected chi connectivity index (χ3v) is 7.49. The van der Waals surface area contributed by atoms with E-state index in [-0.39, 0.29) is 26.1 Å². The molecular formula is C27H34N4O7. The molecule has 0 bridgehead atoms. The molecule has 2 aliphatic heterocycles. The van der Waals surface area contributed by atoms with Gasteiger partial charge >= 0.3 is 0 Å². The van der Waals surface area contributed by atoms with Gasteiger partial charge in [0.15, 0.2) is 0 Å². The van der Waals surface area contributed by atoms with Gasteiger partial charge in [0.05, 0.1) is 36.8 Å². The van der Waals surface area contributed by atoms with Gasteiger partial charge in [-0.2, -0.15) is 0 Å². The Bertz CT molecular complexity index is 1120. The quantitative estimate of drug-likeness (QED) is 0.226. The van der Waals surface area contributed by atoms with Crippen molar-refractivity contribution in [1.29, 1.82) is 0 Å². The normalized spacial score (nSPS) is 27.7. The minimum Gasteiger partial charge on any atom is -0.388 e. The Kier molecular flexibility index (Phi) is 8.44. The van der Waals surface area contributed by atoms with Crippen LogP contribution >= 0.6 is 0 Å². The van der Waals surface area contributed by atoms with Crippen molar-refractivity contribution in [3.05, 3.63) is 71.8 Å². The highest BCUT2D eigenvalue weighted by atomic mass is 16.3. The minimum atomic E-state index is -1.55. The van der Waals surface area contributed by atoms with Crippen molar-refractivity contribution in [3.63, 3.8) is 0 Å². The summed E-state index contributed by atoms with van der Waals surface area (Å²) in [5, 5.41) is 40.6. The fourth-order valence-corrected chi connectivity index (χ4v) is 5.49. The van der Waals surface area contributed by atoms with Gasteiger partial charge in [-0.15, -0.1) is 0 Å². The number of likely N-dealkylation sites (tertiary alicyclic amines) is 2. The molecule has 0 radical (unpaired) electrons. The van der Waals surface area contributed by atoms with Crippen LogP contribution in [-0.2, 0) is 20.8 Å². The van der Waals surface area contributed by atoms with Crippen LogP contribution in [0.1, 0.15) is 17.0 Å². The van der Waals surface area contributed by atoms with E-state index < -0.39 is 66.1 Å². The third-order valence-electron chi connectivity index (χ3n) is 7.49. The fraction of sp³-hybridized carbons (Fsp3) is 0.444. The molecule has 2 fully saturated rings. The number of aliphatic hydroxyl groups excluding tert-OH is 4. The zero-order valence-corrected chi connectivity index (χ0v) is 20.8. The lowest BCUT2D eigenvalue weighted by atomic mass is 9.76. The standard InChI is InChI=1S/C27H34N4O7/c28-22(27(38)30-12-18(32)19(33)13-30)21(16-9-5-2-6-10-16)17(11-15-7-3-1-4-8-15)26(37)31-14-20(34)24(35)23(31)25(29)36/h1-10,17-24,32-35H,11-14,28H2,(H2,29,36)/t17-,18-,19?,20-,21+,22?,23?,24+/m0/s1. The van der Waals surface area contributed by atoms with Crippen LogP contribution in [0.3, 0.4) is 0 Å². The summed E-state index contributed by atoms with van der Waals surface area (Å²) in [5.74, 6) is -3.98. The van der Waals surface area contributed by atoms with Crippen LogP contribution in [0.15, 0.2) is 60.7 Å². The van der Waals surface area contributed by atoms with E-state index in [0.717, 1.165) is 10.5 Å². The van der Waals surface area contributed by atoms with E-state index >= 15 is 0 Å². The highest BCUT2D eigenvalue weighted by molar-refractivity contribution is 5.91. The average Bonchev–Trinajstić information content (AvgIpc) is 3.41. The molecule has 38 heavy (non-hydrogen) atoms.